The molecule has 1 N–H and O–H groups in total. The Kier molecular flexibility index (Phi) is 3.35. The number of nitrogens with zero attached hydrogens (tertiary/aromatic N) is 2. The molecule has 0 spiro atoms. The normalized spacial score (nSPS) is 10.7. The van der Waals surface area contributed by atoms with E-state index < -0.39 is 5.97 Å². The summed E-state index contributed by atoms with van der Waals surface area (Å²) in [6.07, 6.45) is 3.28. The van der Waals surface area contributed by atoms with Crippen LogP contribution in [0.3, 0.4) is 0 Å². The van der Waals surface area contributed by atoms with Crippen LogP contribution in [0.1, 0.15) is 15.9 Å². The summed E-state index contributed by atoms with van der Waals surface area (Å²) in [7, 11) is 0. The average molecular weight is 288 g/mol. The van der Waals surface area contributed by atoms with Gasteiger partial charge in [0.25, 0.3) is 0 Å². The minimum absolute atomic E-state index is 0.157. The van der Waals surface area contributed by atoms with Crippen LogP contribution in [-0.2, 0) is 11.3 Å². The number of H-pyrrole nitrogens is 1. The first-order chi connectivity index (χ1) is 9.72. The quantitative estimate of drug-likeness (QED) is 0.594. The van der Waals surface area contributed by atoms with Gasteiger partial charge in [-0.25, -0.2) is 9.78 Å². The van der Waals surface area contributed by atoms with Gasteiger partial charge in [0.05, 0.1) is 17.3 Å². The first-order valence-corrected chi connectivity index (χ1v) is 6.31. The van der Waals surface area contributed by atoms with Gasteiger partial charge in [0, 0.05) is 17.1 Å². The van der Waals surface area contributed by atoms with Crippen molar-refractivity contribution >= 4 is 28.5 Å². The van der Waals surface area contributed by atoms with Crippen LogP contribution in [-0.4, -0.2) is 21.2 Å². The van der Waals surface area contributed by atoms with Crippen LogP contribution in [0.2, 0.25) is 5.15 Å². The molecule has 0 aliphatic heterocycles. The van der Waals surface area contributed by atoms with Gasteiger partial charge in [-0.1, -0.05) is 23.7 Å². The molecule has 0 saturated heterocycles. The summed E-state index contributed by atoms with van der Waals surface area (Å²) in [6, 6.07) is 8.66. The predicted molar refractivity (Wildman–Crippen MR) is 74.5 cm³/mol. The van der Waals surface area contributed by atoms with E-state index >= 15 is 0 Å². The van der Waals surface area contributed by atoms with E-state index in [0.717, 1.165) is 16.5 Å². The Morgan fingerprint density at radius 1 is 1.25 bits per heavy atom. The van der Waals surface area contributed by atoms with Gasteiger partial charge < -0.3 is 4.74 Å². The summed E-state index contributed by atoms with van der Waals surface area (Å²) in [4.78, 5) is 15.9. The van der Waals surface area contributed by atoms with Crippen LogP contribution in [0.25, 0.3) is 10.9 Å². The molecule has 20 heavy (non-hydrogen) atoms. The first kappa shape index (κ1) is 12.6. The zero-order valence-electron chi connectivity index (χ0n) is 10.3. The summed E-state index contributed by atoms with van der Waals surface area (Å²) < 4.78 is 5.22. The highest BCUT2D eigenvalue weighted by molar-refractivity contribution is 6.29. The standard InChI is InChI=1S/C14H10ClN3O2/c15-13-4-1-9(6-16-13)8-20-14(19)10-2-3-11-7-17-18-12(11)5-10/h1-7H,8H2,(H,17,18). The number of aromatic nitrogens is 3. The van der Waals surface area contributed by atoms with Crippen LogP contribution in [0.4, 0.5) is 0 Å². The van der Waals surface area contributed by atoms with E-state index in [-0.39, 0.29) is 6.61 Å². The van der Waals surface area contributed by atoms with Crippen molar-refractivity contribution in [3.8, 4) is 0 Å². The number of ether oxygens (including phenoxy) is 1. The zero-order chi connectivity index (χ0) is 13.9. The lowest BCUT2D eigenvalue weighted by atomic mass is 10.2. The molecule has 3 rings (SSSR count). The molecule has 0 atom stereocenters. The minimum atomic E-state index is -0.392. The molecule has 0 aliphatic carbocycles. The molecule has 3 aromatic rings. The van der Waals surface area contributed by atoms with Crippen molar-refractivity contribution in [3.05, 3.63) is 59.0 Å². The summed E-state index contributed by atoms with van der Waals surface area (Å²) >= 11 is 5.69. The largest absolute Gasteiger partial charge is 0.457 e. The fraction of sp³-hybridized carbons (Fsp3) is 0.0714. The summed E-state index contributed by atoms with van der Waals surface area (Å²) in [6.45, 7) is 0.157. The number of pyridine rings is 1. The second kappa shape index (κ2) is 5.30. The number of esters is 1. The van der Waals surface area contributed by atoms with Gasteiger partial charge in [-0.05, 0) is 18.2 Å². The maximum absolute atomic E-state index is 11.9. The van der Waals surface area contributed by atoms with Crippen molar-refractivity contribution in [2.45, 2.75) is 6.61 Å². The van der Waals surface area contributed by atoms with Gasteiger partial charge in [0.2, 0.25) is 0 Å². The number of rotatable bonds is 3. The van der Waals surface area contributed by atoms with Gasteiger partial charge in [-0.2, -0.15) is 5.10 Å². The lowest BCUT2D eigenvalue weighted by Crippen LogP contribution is -2.05. The molecule has 100 valence electrons. The highest BCUT2D eigenvalue weighted by Crippen LogP contribution is 2.14. The van der Waals surface area contributed by atoms with Gasteiger partial charge >= 0.3 is 5.97 Å². The lowest BCUT2D eigenvalue weighted by Gasteiger charge is -2.05. The number of fused-ring (bicyclic) bond motifs is 1. The SMILES string of the molecule is O=C(OCc1ccc(Cl)nc1)c1ccc2cn[nH]c2c1. The molecule has 5 nitrogen and oxygen atoms in total. The van der Waals surface area contributed by atoms with E-state index in [1.54, 1.807) is 36.7 Å². The first-order valence-electron chi connectivity index (χ1n) is 5.93. The van der Waals surface area contributed by atoms with Crippen LogP contribution in [0.15, 0.2) is 42.7 Å². The Morgan fingerprint density at radius 3 is 2.95 bits per heavy atom. The van der Waals surface area contributed by atoms with Gasteiger partial charge in [-0.15, -0.1) is 0 Å². The van der Waals surface area contributed by atoms with Crippen LogP contribution >= 0.6 is 11.6 Å². The lowest BCUT2D eigenvalue weighted by molar-refractivity contribution is 0.0472. The van der Waals surface area contributed by atoms with Gasteiger partial charge in [0.1, 0.15) is 11.8 Å². The van der Waals surface area contributed by atoms with Gasteiger partial charge in [-0.3, -0.25) is 5.10 Å². The number of hydrogen-bond donors (Lipinski definition) is 1. The number of nitrogens with one attached hydrogen (secondary N) is 1. The van der Waals surface area contributed by atoms with Crippen molar-refractivity contribution in [2.24, 2.45) is 0 Å². The van der Waals surface area contributed by atoms with Gasteiger partial charge in [0.15, 0.2) is 0 Å². The summed E-state index contributed by atoms with van der Waals surface area (Å²) in [5.74, 6) is -0.392. The molecule has 0 bridgehead atoms. The second-order valence-corrected chi connectivity index (χ2v) is 4.62. The van der Waals surface area contributed by atoms with Crippen LogP contribution in [0, 0.1) is 0 Å². The minimum Gasteiger partial charge on any atom is -0.457 e. The Morgan fingerprint density at radius 2 is 2.15 bits per heavy atom. The maximum atomic E-state index is 11.9. The highest BCUT2D eigenvalue weighted by Gasteiger charge is 2.09. The third kappa shape index (κ3) is 2.62. The van der Waals surface area contributed by atoms with E-state index in [1.807, 2.05) is 6.07 Å². The molecule has 2 heterocycles. The summed E-state index contributed by atoms with van der Waals surface area (Å²) in [5, 5.41) is 8.07. The van der Waals surface area contributed by atoms with E-state index in [1.165, 1.54) is 0 Å². The molecule has 2 aromatic heterocycles. The van der Waals surface area contributed by atoms with Crippen molar-refractivity contribution in [1.29, 1.82) is 0 Å². The van der Waals surface area contributed by atoms with E-state index in [2.05, 4.69) is 15.2 Å². The monoisotopic (exact) mass is 287 g/mol. The average Bonchev–Trinajstić information content (AvgIpc) is 2.93. The second-order valence-electron chi connectivity index (χ2n) is 4.24. The van der Waals surface area contributed by atoms with Crippen LogP contribution < -0.4 is 0 Å². The third-order valence-corrected chi connectivity index (χ3v) is 3.06. The number of carbonyl (C=O) groups excluding carboxylic acids is 1. The molecule has 0 unspecified atom stereocenters. The third-order valence-electron chi connectivity index (χ3n) is 2.84. The van der Waals surface area contributed by atoms with Crippen molar-refractivity contribution in [3.63, 3.8) is 0 Å². The molecular formula is C14H10ClN3O2. The van der Waals surface area contributed by atoms with E-state index in [4.69, 9.17) is 16.3 Å². The Balaban J connectivity index is 1.70. The smallest absolute Gasteiger partial charge is 0.338 e. The Hall–Kier alpha value is -2.40. The number of benzene rings is 1. The molecule has 1 aromatic carbocycles. The highest BCUT2D eigenvalue weighted by atomic mass is 35.5. The number of carbonyl (C=O) groups is 1. The van der Waals surface area contributed by atoms with Crippen molar-refractivity contribution < 1.29 is 9.53 Å². The zero-order valence-corrected chi connectivity index (χ0v) is 11.1. The maximum Gasteiger partial charge on any atom is 0.338 e. The molecular weight excluding hydrogens is 278 g/mol. The Labute approximate surface area is 119 Å². The fourth-order valence-corrected chi connectivity index (χ4v) is 1.90. The molecule has 0 amide bonds. The molecule has 0 radical (unpaired) electrons. The number of aromatic amines is 1. The molecule has 6 heteroatoms. The Bertz CT molecular complexity index is 752. The van der Waals surface area contributed by atoms with Crippen LogP contribution in [0.5, 0.6) is 0 Å². The topological polar surface area (TPSA) is 67.9 Å². The van der Waals surface area contributed by atoms with Crippen molar-refractivity contribution in [2.75, 3.05) is 0 Å². The molecule has 0 saturated carbocycles. The van der Waals surface area contributed by atoms with E-state index in [9.17, 15) is 4.79 Å². The molecule has 0 aliphatic rings. The number of halogens is 1. The molecule has 0 fully saturated rings. The fourth-order valence-electron chi connectivity index (χ4n) is 1.79. The van der Waals surface area contributed by atoms with E-state index in [0.29, 0.717) is 10.7 Å². The number of hydrogen-bond acceptors (Lipinski definition) is 4. The van der Waals surface area contributed by atoms with Crippen molar-refractivity contribution in [1.82, 2.24) is 15.2 Å². The summed E-state index contributed by atoms with van der Waals surface area (Å²) in [5.41, 5.74) is 2.06. The predicted octanol–water partition coefficient (Wildman–Crippen LogP) is 2.97.